The number of carbonyl (C=O) groups excluding carboxylic acids is 1. The van der Waals surface area contributed by atoms with Crippen molar-refractivity contribution in [3.05, 3.63) is 64.7 Å². The number of nitrogens with one attached hydrogen (secondary N) is 1. The molecule has 1 saturated carbocycles. The summed E-state index contributed by atoms with van der Waals surface area (Å²) in [6, 6.07) is 16.8. The van der Waals surface area contributed by atoms with Gasteiger partial charge in [-0.25, -0.2) is 0 Å². The first kappa shape index (κ1) is 23.1. The van der Waals surface area contributed by atoms with Gasteiger partial charge in [0.15, 0.2) is 0 Å². The molecule has 0 bridgehead atoms. The van der Waals surface area contributed by atoms with Gasteiger partial charge in [-0.15, -0.1) is 0 Å². The lowest BCUT2D eigenvalue weighted by Crippen LogP contribution is -2.59. The molecule has 0 radical (unpaired) electrons. The molecule has 1 aliphatic carbocycles. The minimum absolute atomic E-state index is 0.187. The molecule has 6 heteroatoms. The van der Waals surface area contributed by atoms with Gasteiger partial charge in [0.05, 0.1) is 13.7 Å². The van der Waals surface area contributed by atoms with Crippen molar-refractivity contribution in [2.24, 2.45) is 5.92 Å². The zero-order chi connectivity index (χ0) is 22.5. The van der Waals surface area contributed by atoms with Crippen LogP contribution in [0.15, 0.2) is 48.5 Å². The summed E-state index contributed by atoms with van der Waals surface area (Å²) in [5.41, 5.74) is 2.41. The monoisotopic (exact) mass is 456 g/mol. The predicted molar refractivity (Wildman–Crippen MR) is 127 cm³/mol. The second-order valence-corrected chi connectivity index (χ2v) is 9.29. The number of halogens is 1. The Bertz CT molecular complexity index is 904. The zero-order valence-electron chi connectivity index (χ0n) is 18.9. The van der Waals surface area contributed by atoms with Crippen LogP contribution < -0.4 is 10.1 Å². The van der Waals surface area contributed by atoms with Crippen LogP contribution in [0.4, 0.5) is 0 Å². The van der Waals surface area contributed by atoms with Crippen LogP contribution in [-0.4, -0.2) is 50.3 Å². The van der Waals surface area contributed by atoms with Gasteiger partial charge >= 0.3 is 0 Å². The zero-order valence-corrected chi connectivity index (χ0v) is 19.7. The highest BCUT2D eigenvalue weighted by Gasteiger charge is 2.47. The molecule has 0 spiro atoms. The fourth-order valence-corrected chi connectivity index (χ4v) is 5.66. The summed E-state index contributed by atoms with van der Waals surface area (Å²) < 4.78 is 10.7. The van der Waals surface area contributed by atoms with Gasteiger partial charge in [0.2, 0.25) is 5.91 Å². The topological polar surface area (TPSA) is 50.8 Å². The van der Waals surface area contributed by atoms with Gasteiger partial charge in [0.25, 0.3) is 0 Å². The van der Waals surface area contributed by atoms with Crippen LogP contribution in [0, 0.1) is 5.92 Å². The van der Waals surface area contributed by atoms with Gasteiger partial charge in [-0.3, -0.25) is 4.79 Å². The number of nitrogens with zero attached hydrogens (tertiary/aromatic N) is 1. The number of piperidine rings is 1. The highest BCUT2D eigenvalue weighted by atomic mass is 35.5. The minimum atomic E-state index is 0.187. The molecule has 1 aliphatic heterocycles. The third-order valence-electron chi connectivity index (χ3n) is 7.04. The van der Waals surface area contributed by atoms with E-state index in [1.807, 2.05) is 24.3 Å². The van der Waals surface area contributed by atoms with Crippen molar-refractivity contribution in [1.82, 2.24) is 10.2 Å². The first-order valence-electron chi connectivity index (χ1n) is 11.5. The molecule has 2 fully saturated rings. The quantitative estimate of drug-likeness (QED) is 0.628. The lowest BCUT2D eigenvalue weighted by atomic mass is 9.66. The number of hydrogen-bond acceptors (Lipinski definition) is 4. The maximum atomic E-state index is 13.2. The van der Waals surface area contributed by atoms with Crippen molar-refractivity contribution in [2.75, 3.05) is 27.4 Å². The van der Waals surface area contributed by atoms with Gasteiger partial charge in [-0.1, -0.05) is 35.9 Å². The van der Waals surface area contributed by atoms with Gasteiger partial charge in [0.1, 0.15) is 5.75 Å². The average molecular weight is 457 g/mol. The van der Waals surface area contributed by atoms with E-state index in [0.717, 1.165) is 36.6 Å². The van der Waals surface area contributed by atoms with Crippen LogP contribution in [0.1, 0.15) is 42.7 Å². The van der Waals surface area contributed by atoms with Crippen molar-refractivity contribution in [2.45, 2.75) is 50.2 Å². The largest absolute Gasteiger partial charge is 0.497 e. The molecule has 1 saturated heterocycles. The van der Waals surface area contributed by atoms with E-state index in [1.165, 1.54) is 11.1 Å². The van der Waals surface area contributed by atoms with Crippen LogP contribution >= 0.6 is 11.6 Å². The SMILES string of the molecule is COCCN1C(=O)C[C@H](c2ccc(Cl)cc2)[C@H]2[C@@H](NCc3cccc(OC)c3)CCC[C@H]21. The van der Waals surface area contributed by atoms with Crippen LogP contribution in [-0.2, 0) is 16.1 Å². The molecule has 0 aromatic heterocycles. The number of likely N-dealkylation sites (tertiary alicyclic amines) is 1. The van der Waals surface area contributed by atoms with Gasteiger partial charge in [-0.2, -0.15) is 0 Å². The summed E-state index contributed by atoms with van der Waals surface area (Å²) in [5, 5.41) is 4.57. The summed E-state index contributed by atoms with van der Waals surface area (Å²) in [6.45, 7) is 2.01. The molecule has 4 rings (SSSR count). The van der Waals surface area contributed by atoms with Gasteiger partial charge in [-0.05, 0) is 60.6 Å². The Kier molecular flexibility index (Phi) is 7.71. The number of amides is 1. The summed E-state index contributed by atoms with van der Waals surface area (Å²) in [4.78, 5) is 15.3. The van der Waals surface area contributed by atoms with Crippen LogP contribution in [0.2, 0.25) is 5.02 Å². The van der Waals surface area contributed by atoms with Crippen molar-refractivity contribution < 1.29 is 14.3 Å². The molecule has 32 heavy (non-hydrogen) atoms. The normalized spacial score (nSPS) is 25.5. The summed E-state index contributed by atoms with van der Waals surface area (Å²) >= 11 is 6.16. The summed E-state index contributed by atoms with van der Waals surface area (Å²) in [5.74, 6) is 1.65. The van der Waals surface area contributed by atoms with E-state index in [4.69, 9.17) is 21.1 Å². The second kappa shape index (κ2) is 10.7. The maximum absolute atomic E-state index is 13.2. The van der Waals surface area contributed by atoms with Crippen LogP contribution in [0.25, 0.3) is 0 Å². The fourth-order valence-electron chi connectivity index (χ4n) is 5.54. The average Bonchev–Trinajstić information content (AvgIpc) is 2.82. The molecule has 1 amide bonds. The Morgan fingerprint density at radius 1 is 1.12 bits per heavy atom. The first-order chi connectivity index (χ1) is 15.6. The molecule has 5 nitrogen and oxygen atoms in total. The van der Waals surface area contributed by atoms with Crippen LogP contribution in [0.5, 0.6) is 5.75 Å². The molecule has 2 aromatic rings. The van der Waals surface area contributed by atoms with Gasteiger partial charge < -0.3 is 19.7 Å². The van der Waals surface area contributed by atoms with E-state index >= 15 is 0 Å². The molecule has 172 valence electrons. The molecule has 2 aromatic carbocycles. The first-order valence-corrected chi connectivity index (χ1v) is 11.9. The lowest BCUT2D eigenvalue weighted by Gasteiger charge is -2.51. The van der Waals surface area contributed by atoms with Crippen molar-refractivity contribution in [3.63, 3.8) is 0 Å². The molecule has 1 heterocycles. The molecular weight excluding hydrogens is 424 g/mol. The Labute approximate surface area is 196 Å². The van der Waals surface area contributed by atoms with Crippen molar-refractivity contribution in [3.8, 4) is 5.75 Å². The van der Waals surface area contributed by atoms with E-state index in [9.17, 15) is 4.79 Å². The number of rotatable bonds is 8. The summed E-state index contributed by atoms with van der Waals surface area (Å²) in [6.07, 6.45) is 3.80. The molecule has 0 unspecified atom stereocenters. The second-order valence-electron chi connectivity index (χ2n) is 8.86. The Morgan fingerprint density at radius 2 is 1.94 bits per heavy atom. The van der Waals surface area contributed by atoms with Crippen LogP contribution in [0.3, 0.4) is 0 Å². The smallest absolute Gasteiger partial charge is 0.223 e. The number of carbonyl (C=O) groups is 1. The standard InChI is InChI=1S/C26H33ClN2O3/c1-31-14-13-29-24-8-4-7-23(28-17-18-5-3-6-21(15-18)32-2)26(24)22(16-25(29)30)19-9-11-20(27)12-10-19/h3,5-6,9-12,15,22-24,26,28H,4,7-8,13-14,16-17H2,1-2H3/t22-,23+,24-,26+/m1/s1. The number of ether oxygens (including phenoxy) is 2. The number of benzene rings is 2. The minimum Gasteiger partial charge on any atom is -0.497 e. The van der Waals surface area contributed by atoms with Crippen molar-refractivity contribution in [1.29, 1.82) is 0 Å². The molecule has 1 N–H and O–H groups in total. The van der Waals surface area contributed by atoms with Crippen molar-refractivity contribution >= 4 is 17.5 Å². The molecular formula is C26H33ClN2O3. The van der Waals surface area contributed by atoms with E-state index in [2.05, 4.69) is 34.5 Å². The Balaban J connectivity index is 1.59. The van der Waals surface area contributed by atoms with E-state index in [-0.39, 0.29) is 17.9 Å². The third kappa shape index (κ3) is 5.11. The maximum Gasteiger partial charge on any atom is 0.223 e. The lowest BCUT2D eigenvalue weighted by molar-refractivity contribution is -0.143. The van der Waals surface area contributed by atoms with E-state index in [1.54, 1.807) is 14.2 Å². The predicted octanol–water partition coefficient (Wildman–Crippen LogP) is 4.64. The number of methoxy groups -OCH3 is 2. The van der Waals surface area contributed by atoms with Gasteiger partial charge in [0, 0.05) is 49.6 Å². The highest BCUT2D eigenvalue weighted by Crippen LogP contribution is 2.45. The summed E-state index contributed by atoms with van der Waals surface area (Å²) in [7, 11) is 3.39. The molecule has 2 aliphatic rings. The van der Waals surface area contributed by atoms with E-state index < -0.39 is 0 Å². The highest BCUT2D eigenvalue weighted by molar-refractivity contribution is 6.30. The molecule has 4 atom stereocenters. The number of hydrogen-bond donors (Lipinski definition) is 1. The van der Waals surface area contributed by atoms with E-state index in [0.29, 0.717) is 31.5 Å². The Morgan fingerprint density at radius 3 is 2.69 bits per heavy atom. The number of fused-ring (bicyclic) bond motifs is 1. The third-order valence-corrected chi connectivity index (χ3v) is 7.29. The Hall–Kier alpha value is -2.08. The fraction of sp³-hybridized carbons (Fsp3) is 0.500.